The highest BCUT2D eigenvalue weighted by Crippen LogP contribution is 2.19. The Balaban J connectivity index is 1.27. The second-order valence-electron chi connectivity index (χ2n) is 7.77. The van der Waals surface area contributed by atoms with Gasteiger partial charge >= 0.3 is 0 Å². The molecule has 0 aliphatic carbocycles. The molecule has 1 aromatic carbocycles. The number of benzene rings is 1. The summed E-state index contributed by atoms with van der Waals surface area (Å²) in [5.74, 6) is -0.841. The van der Waals surface area contributed by atoms with E-state index in [4.69, 9.17) is 11.6 Å². The van der Waals surface area contributed by atoms with E-state index in [9.17, 15) is 19.2 Å². The van der Waals surface area contributed by atoms with Crippen LogP contribution in [0.2, 0.25) is 5.02 Å². The van der Waals surface area contributed by atoms with E-state index in [2.05, 4.69) is 20.6 Å². The van der Waals surface area contributed by atoms with Crippen LogP contribution in [0, 0.1) is 5.92 Å². The van der Waals surface area contributed by atoms with Crippen molar-refractivity contribution in [2.75, 3.05) is 25.0 Å². The monoisotopic (exact) mass is 467 g/mol. The maximum Gasteiger partial charge on any atom is 0.257 e. The summed E-state index contributed by atoms with van der Waals surface area (Å²) in [6, 6.07) is 10.2. The molecule has 0 spiro atoms. The molecule has 0 bridgehead atoms. The van der Waals surface area contributed by atoms with E-state index in [1.165, 1.54) is 12.4 Å². The van der Waals surface area contributed by atoms with Gasteiger partial charge in [-0.05, 0) is 37.1 Å². The number of hydrogen-bond donors (Lipinski definition) is 3. The third kappa shape index (κ3) is 5.20. The Bertz CT molecular complexity index is 1250. The number of carbonyl (C=O) groups excluding carboxylic acids is 3. The lowest BCUT2D eigenvalue weighted by Gasteiger charge is -2.31. The topological polar surface area (TPSA) is 124 Å². The van der Waals surface area contributed by atoms with Gasteiger partial charge < -0.3 is 20.5 Å². The quantitative estimate of drug-likeness (QED) is 0.530. The van der Waals surface area contributed by atoms with Gasteiger partial charge in [0.15, 0.2) is 0 Å². The molecule has 3 aromatic rings. The molecule has 0 unspecified atom stereocenters. The molecule has 1 aliphatic rings. The summed E-state index contributed by atoms with van der Waals surface area (Å²) in [4.78, 5) is 58.6. The summed E-state index contributed by atoms with van der Waals surface area (Å²) < 4.78 is 0. The molecule has 170 valence electrons. The molecule has 0 saturated carbocycles. The van der Waals surface area contributed by atoms with Crippen molar-refractivity contribution in [2.24, 2.45) is 5.92 Å². The van der Waals surface area contributed by atoms with Gasteiger partial charge in [-0.2, -0.15) is 0 Å². The number of para-hydroxylation sites is 1. The van der Waals surface area contributed by atoms with Crippen LogP contribution in [0.3, 0.4) is 0 Å². The Morgan fingerprint density at radius 2 is 1.88 bits per heavy atom. The third-order valence-electron chi connectivity index (χ3n) is 5.63. The van der Waals surface area contributed by atoms with Crippen LogP contribution >= 0.6 is 11.6 Å². The Morgan fingerprint density at radius 1 is 1.12 bits per heavy atom. The van der Waals surface area contributed by atoms with Crippen molar-refractivity contribution in [1.82, 2.24) is 20.2 Å². The van der Waals surface area contributed by atoms with Crippen molar-refractivity contribution in [1.29, 1.82) is 0 Å². The van der Waals surface area contributed by atoms with Gasteiger partial charge in [0.05, 0.1) is 11.6 Å². The Hall–Kier alpha value is -3.72. The average molecular weight is 468 g/mol. The Labute approximate surface area is 194 Å². The molecule has 9 nitrogen and oxygen atoms in total. The minimum atomic E-state index is -0.611. The van der Waals surface area contributed by atoms with Gasteiger partial charge in [0.1, 0.15) is 11.4 Å². The second kappa shape index (κ2) is 9.83. The molecule has 1 saturated heterocycles. The van der Waals surface area contributed by atoms with Crippen LogP contribution in [-0.2, 0) is 9.59 Å². The lowest BCUT2D eigenvalue weighted by Crippen LogP contribution is -2.46. The van der Waals surface area contributed by atoms with Crippen molar-refractivity contribution in [2.45, 2.75) is 12.8 Å². The lowest BCUT2D eigenvalue weighted by atomic mass is 9.96. The Kier molecular flexibility index (Phi) is 6.69. The zero-order chi connectivity index (χ0) is 23.4. The molecule has 10 heteroatoms. The average Bonchev–Trinajstić information content (AvgIpc) is 2.84. The molecule has 3 heterocycles. The number of halogens is 1. The van der Waals surface area contributed by atoms with Gasteiger partial charge in [0, 0.05) is 42.3 Å². The maximum atomic E-state index is 12.5. The van der Waals surface area contributed by atoms with Crippen molar-refractivity contribution < 1.29 is 14.4 Å². The number of rotatable bonds is 5. The maximum absolute atomic E-state index is 12.5. The van der Waals surface area contributed by atoms with E-state index >= 15 is 0 Å². The fourth-order valence-corrected chi connectivity index (χ4v) is 3.88. The number of aromatic nitrogens is 2. The molecule has 3 amide bonds. The number of anilines is 1. The first-order valence-electron chi connectivity index (χ1n) is 10.5. The van der Waals surface area contributed by atoms with Gasteiger partial charge in [-0.1, -0.05) is 23.7 Å². The van der Waals surface area contributed by atoms with Crippen molar-refractivity contribution in [3.63, 3.8) is 0 Å². The Morgan fingerprint density at radius 3 is 2.61 bits per heavy atom. The van der Waals surface area contributed by atoms with E-state index in [0.717, 1.165) is 0 Å². The van der Waals surface area contributed by atoms with Gasteiger partial charge in [0.25, 0.3) is 5.91 Å². The summed E-state index contributed by atoms with van der Waals surface area (Å²) in [5, 5.41) is 6.17. The number of fused-ring (bicyclic) bond motifs is 1. The van der Waals surface area contributed by atoms with E-state index in [1.807, 2.05) is 0 Å². The van der Waals surface area contributed by atoms with Gasteiger partial charge in [-0.25, -0.2) is 4.98 Å². The smallest absolute Gasteiger partial charge is 0.257 e. The largest absolute Gasteiger partial charge is 0.360 e. The van der Waals surface area contributed by atoms with Crippen LogP contribution in [0.1, 0.15) is 23.2 Å². The number of amides is 3. The van der Waals surface area contributed by atoms with Crippen LogP contribution in [-0.4, -0.2) is 52.2 Å². The fraction of sp³-hybridized carbons (Fsp3) is 0.261. The fourth-order valence-electron chi connectivity index (χ4n) is 3.77. The predicted octanol–water partition coefficient (Wildman–Crippen LogP) is 2.18. The number of H-pyrrole nitrogens is 1. The number of hydrogen-bond acceptors (Lipinski definition) is 5. The van der Waals surface area contributed by atoms with Crippen LogP contribution in [0.5, 0.6) is 0 Å². The molecule has 0 atom stereocenters. The minimum Gasteiger partial charge on any atom is -0.360 e. The van der Waals surface area contributed by atoms with Crippen LogP contribution < -0.4 is 16.1 Å². The molecule has 0 radical (unpaired) electrons. The van der Waals surface area contributed by atoms with Crippen molar-refractivity contribution in [3.8, 4) is 0 Å². The number of piperidine rings is 1. The minimum absolute atomic E-state index is 0.0484. The summed E-state index contributed by atoms with van der Waals surface area (Å²) in [6.07, 6.45) is 3.81. The molecule has 2 aromatic heterocycles. The number of carbonyl (C=O) groups is 3. The highest BCUT2D eigenvalue weighted by Gasteiger charge is 2.27. The number of nitrogens with one attached hydrogen (secondary N) is 3. The molecule has 1 fully saturated rings. The summed E-state index contributed by atoms with van der Waals surface area (Å²) >= 11 is 5.80. The van der Waals surface area contributed by atoms with E-state index in [-0.39, 0.29) is 29.8 Å². The van der Waals surface area contributed by atoms with Crippen molar-refractivity contribution in [3.05, 3.63) is 69.6 Å². The SMILES string of the molecule is O=C(NCC(=O)N1CCC(C(=O)Nc2ccc(Cl)cn2)CC1)c1c[nH]c2ccccc2c1=O. The first-order valence-corrected chi connectivity index (χ1v) is 10.9. The number of nitrogens with zero attached hydrogens (tertiary/aromatic N) is 2. The van der Waals surface area contributed by atoms with Crippen LogP contribution in [0.15, 0.2) is 53.6 Å². The zero-order valence-corrected chi connectivity index (χ0v) is 18.4. The summed E-state index contributed by atoms with van der Waals surface area (Å²) in [6.45, 7) is 0.575. The first kappa shape index (κ1) is 22.5. The predicted molar refractivity (Wildman–Crippen MR) is 124 cm³/mol. The molecule has 4 rings (SSSR count). The molecule has 1 aliphatic heterocycles. The molecular formula is C23H22ClN5O4. The van der Waals surface area contributed by atoms with Crippen molar-refractivity contribution >= 4 is 46.0 Å². The zero-order valence-electron chi connectivity index (χ0n) is 17.6. The van der Waals surface area contributed by atoms with Gasteiger partial charge in [-0.15, -0.1) is 0 Å². The molecular weight excluding hydrogens is 446 g/mol. The standard InChI is InChI=1S/C23H22ClN5O4/c24-15-5-6-19(26-11-15)28-22(32)14-7-9-29(10-8-14)20(30)13-27-23(33)17-12-25-18-4-2-1-3-16(18)21(17)31/h1-6,11-12,14H,7-10,13H2,(H,25,31)(H,27,33)(H,26,28,32). The van der Waals surface area contributed by atoms with Gasteiger partial charge in [-0.3, -0.25) is 19.2 Å². The van der Waals surface area contributed by atoms with E-state index in [0.29, 0.717) is 47.7 Å². The van der Waals surface area contributed by atoms with Crippen LogP contribution in [0.25, 0.3) is 10.9 Å². The van der Waals surface area contributed by atoms with Crippen LogP contribution in [0.4, 0.5) is 5.82 Å². The molecule has 33 heavy (non-hydrogen) atoms. The number of likely N-dealkylation sites (tertiary alicyclic amines) is 1. The summed E-state index contributed by atoms with van der Waals surface area (Å²) in [5.41, 5.74) is 0.192. The van der Waals surface area contributed by atoms with Gasteiger partial charge in [0.2, 0.25) is 17.2 Å². The first-order chi connectivity index (χ1) is 15.9. The highest BCUT2D eigenvalue weighted by atomic mass is 35.5. The lowest BCUT2D eigenvalue weighted by molar-refractivity contribution is -0.133. The van der Waals surface area contributed by atoms with E-state index < -0.39 is 11.3 Å². The third-order valence-corrected chi connectivity index (χ3v) is 5.85. The van der Waals surface area contributed by atoms with E-state index in [1.54, 1.807) is 41.3 Å². The molecule has 3 N–H and O–H groups in total. The normalized spacial score (nSPS) is 14.2. The number of pyridine rings is 2. The second-order valence-corrected chi connectivity index (χ2v) is 8.20. The number of aromatic amines is 1. The summed E-state index contributed by atoms with van der Waals surface area (Å²) in [7, 11) is 0. The highest BCUT2D eigenvalue weighted by molar-refractivity contribution is 6.30.